The second-order valence-corrected chi connectivity index (χ2v) is 8.68. The quantitative estimate of drug-likeness (QED) is 0.660. The van der Waals surface area contributed by atoms with Gasteiger partial charge in [-0.25, -0.2) is 0 Å². The number of nitrogens with zero attached hydrogens (tertiary/aromatic N) is 3. The van der Waals surface area contributed by atoms with E-state index in [0.717, 1.165) is 28.3 Å². The highest BCUT2D eigenvalue weighted by Gasteiger charge is 2.38. The number of aryl methyl sites for hydroxylation is 1. The topological polar surface area (TPSA) is 47.3 Å². The van der Waals surface area contributed by atoms with Crippen molar-refractivity contribution >= 4 is 35.0 Å². The van der Waals surface area contributed by atoms with Crippen LogP contribution >= 0.6 is 23.4 Å². The Morgan fingerprint density at radius 3 is 2.69 bits per heavy atom. The summed E-state index contributed by atoms with van der Waals surface area (Å²) in [4.78, 5) is 16.9. The number of nitriles is 1. The average molecular weight is 424 g/mol. The van der Waals surface area contributed by atoms with Crippen LogP contribution in [0.25, 0.3) is 0 Å². The minimum atomic E-state index is -0.170. The molecule has 2 aromatic rings. The molecule has 0 radical (unpaired) electrons. The summed E-state index contributed by atoms with van der Waals surface area (Å²) in [5.41, 5.74) is 5.01. The number of amides is 1. The van der Waals surface area contributed by atoms with Crippen molar-refractivity contribution in [3.63, 3.8) is 0 Å². The predicted octanol–water partition coefficient (Wildman–Crippen LogP) is 5.43. The van der Waals surface area contributed by atoms with Crippen molar-refractivity contribution in [2.45, 2.75) is 32.6 Å². The lowest BCUT2D eigenvalue weighted by atomic mass is 9.86. The first-order chi connectivity index (χ1) is 14.0. The lowest BCUT2D eigenvalue weighted by Gasteiger charge is -2.42. The number of hydrogen-bond acceptors (Lipinski definition) is 4. The number of carbonyl (C=O) groups is 1. The van der Waals surface area contributed by atoms with Crippen molar-refractivity contribution < 1.29 is 4.79 Å². The summed E-state index contributed by atoms with van der Waals surface area (Å²) in [6.07, 6.45) is 1.29. The van der Waals surface area contributed by atoms with Crippen LogP contribution in [0.5, 0.6) is 0 Å². The van der Waals surface area contributed by atoms with Gasteiger partial charge in [0, 0.05) is 23.0 Å². The van der Waals surface area contributed by atoms with Crippen molar-refractivity contribution in [1.82, 2.24) is 4.90 Å². The maximum atomic E-state index is 13.0. The molecular weight excluding hydrogens is 402 g/mol. The van der Waals surface area contributed by atoms with E-state index in [1.165, 1.54) is 5.56 Å². The van der Waals surface area contributed by atoms with Gasteiger partial charge >= 0.3 is 0 Å². The smallest absolute Gasteiger partial charge is 0.229 e. The number of anilines is 1. The molecule has 2 aliphatic rings. The third-order valence-electron chi connectivity index (χ3n) is 5.66. The summed E-state index contributed by atoms with van der Waals surface area (Å²) in [6.45, 7) is 4.54. The Morgan fingerprint density at radius 1 is 1.24 bits per heavy atom. The highest BCUT2D eigenvalue weighted by atomic mass is 35.5. The third-order valence-corrected chi connectivity index (χ3v) is 7.23. The zero-order chi connectivity index (χ0) is 20.5. The molecule has 0 bridgehead atoms. The lowest BCUT2D eigenvalue weighted by Crippen LogP contribution is -2.47. The maximum absolute atomic E-state index is 13.0. The van der Waals surface area contributed by atoms with Gasteiger partial charge in [0.05, 0.1) is 29.2 Å². The zero-order valence-electron chi connectivity index (χ0n) is 16.5. The van der Waals surface area contributed by atoms with Crippen LogP contribution in [0.3, 0.4) is 0 Å². The van der Waals surface area contributed by atoms with E-state index in [0.29, 0.717) is 29.6 Å². The largest absolute Gasteiger partial charge is 0.343 e. The molecule has 1 atom stereocenters. The molecule has 2 aromatic carbocycles. The fourth-order valence-electron chi connectivity index (χ4n) is 3.92. The monoisotopic (exact) mass is 423 g/mol. The molecule has 0 aromatic heterocycles. The highest BCUT2D eigenvalue weighted by molar-refractivity contribution is 8.03. The molecular formula is C23H22ClN3OS. The number of allylic oxidation sites excluding steroid dienone is 1. The van der Waals surface area contributed by atoms with Crippen molar-refractivity contribution in [3.05, 3.63) is 74.8 Å². The Balaban J connectivity index is 1.66. The van der Waals surface area contributed by atoms with E-state index in [4.69, 9.17) is 11.6 Å². The van der Waals surface area contributed by atoms with Crippen LogP contribution in [0.4, 0.5) is 5.69 Å². The van der Waals surface area contributed by atoms with Gasteiger partial charge < -0.3 is 4.90 Å². The molecule has 0 spiro atoms. The fraction of sp³-hybridized carbons (Fsp3) is 0.304. The Morgan fingerprint density at radius 2 is 2.00 bits per heavy atom. The number of benzene rings is 2. The van der Waals surface area contributed by atoms with E-state index in [-0.39, 0.29) is 11.8 Å². The van der Waals surface area contributed by atoms with Crippen molar-refractivity contribution in [2.75, 3.05) is 17.4 Å². The fourth-order valence-corrected chi connectivity index (χ4v) is 5.25. The molecule has 0 saturated carbocycles. The summed E-state index contributed by atoms with van der Waals surface area (Å²) in [6, 6.07) is 16.5. The van der Waals surface area contributed by atoms with Crippen LogP contribution in [-0.4, -0.2) is 23.4 Å². The van der Waals surface area contributed by atoms with Crippen LogP contribution in [-0.2, 0) is 11.2 Å². The second-order valence-electron chi connectivity index (χ2n) is 7.34. The molecule has 0 aliphatic carbocycles. The predicted molar refractivity (Wildman–Crippen MR) is 119 cm³/mol. The Labute approximate surface area is 180 Å². The number of fused-ring (bicyclic) bond motifs is 1. The molecule has 6 heteroatoms. The van der Waals surface area contributed by atoms with Gasteiger partial charge in [-0.3, -0.25) is 9.69 Å². The van der Waals surface area contributed by atoms with Gasteiger partial charge in [0.15, 0.2) is 0 Å². The number of halogens is 1. The van der Waals surface area contributed by atoms with Crippen LogP contribution in [0.15, 0.2) is 53.1 Å². The lowest BCUT2D eigenvalue weighted by molar-refractivity contribution is -0.129. The molecule has 1 fully saturated rings. The van der Waals surface area contributed by atoms with Gasteiger partial charge in [0.25, 0.3) is 0 Å². The molecule has 0 unspecified atom stereocenters. The van der Waals surface area contributed by atoms with E-state index >= 15 is 0 Å². The van der Waals surface area contributed by atoms with Crippen molar-refractivity contribution in [1.29, 1.82) is 5.26 Å². The van der Waals surface area contributed by atoms with Crippen LogP contribution in [0.2, 0.25) is 5.02 Å². The van der Waals surface area contributed by atoms with E-state index in [2.05, 4.69) is 42.2 Å². The van der Waals surface area contributed by atoms with Gasteiger partial charge in [0.1, 0.15) is 0 Å². The van der Waals surface area contributed by atoms with Crippen LogP contribution < -0.4 is 4.90 Å². The highest BCUT2D eigenvalue weighted by Crippen LogP contribution is 2.43. The average Bonchev–Trinajstić information content (AvgIpc) is 2.75. The SMILES string of the molecule is CCc1ccc([C@H]2CC(=O)N3CN(c4cccc(Cl)c4C)CSC3=C2C#N)cc1. The summed E-state index contributed by atoms with van der Waals surface area (Å²) in [7, 11) is 0. The van der Waals surface area contributed by atoms with Gasteiger partial charge in [-0.1, -0.05) is 60.6 Å². The zero-order valence-corrected chi connectivity index (χ0v) is 18.1. The van der Waals surface area contributed by atoms with Gasteiger partial charge in [-0.2, -0.15) is 5.26 Å². The van der Waals surface area contributed by atoms with Crippen molar-refractivity contribution in [3.8, 4) is 6.07 Å². The summed E-state index contributed by atoms with van der Waals surface area (Å²) in [5, 5.41) is 11.4. The normalized spacial score (nSPS) is 19.2. The number of thioether (sulfide) groups is 1. The van der Waals surface area contributed by atoms with Gasteiger partial charge in [0.2, 0.25) is 5.91 Å². The molecule has 1 saturated heterocycles. The van der Waals surface area contributed by atoms with E-state index < -0.39 is 0 Å². The summed E-state index contributed by atoms with van der Waals surface area (Å²) >= 11 is 7.84. The molecule has 4 nitrogen and oxygen atoms in total. The minimum absolute atomic E-state index is 0.0560. The molecule has 4 rings (SSSR count). The molecule has 0 N–H and O–H groups in total. The maximum Gasteiger partial charge on any atom is 0.229 e. The van der Waals surface area contributed by atoms with Gasteiger partial charge in [-0.05, 0) is 42.2 Å². The van der Waals surface area contributed by atoms with Gasteiger partial charge in [-0.15, -0.1) is 0 Å². The minimum Gasteiger partial charge on any atom is -0.343 e. The Hall–Kier alpha value is -2.42. The number of rotatable bonds is 3. The van der Waals surface area contributed by atoms with Crippen LogP contribution in [0.1, 0.15) is 36.0 Å². The first-order valence-electron chi connectivity index (χ1n) is 9.69. The van der Waals surface area contributed by atoms with E-state index in [1.54, 1.807) is 16.7 Å². The first kappa shape index (κ1) is 19.9. The third kappa shape index (κ3) is 3.63. The molecule has 1 amide bonds. The number of carbonyl (C=O) groups excluding carboxylic acids is 1. The molecule has 2 aliphatic heterocycles. The summed E-state index contributed by atoms with van der Waals surface area (Å²) in [5.74, 6) is 0.560. The van der Waals surface area contributed by atoms with E-state index in [1.807, 2.05) is 25.1 Å². The second kappa shape index (κ2) is 8.14. The number of hydrogen-bond donors (Lipinski definition) is 0. The molecule has 29 heavy (non-hydrogen) atoms. The Bertz CT molecular complexity index is 1030. The standard InChI is InChI=1S/C23H22ClN3OS/c1-3-16-7-9-17(10-8-16)18-11-22(28)27-13-26(14-29-23(27)19(18)12-25)21-6-4-5-20(24)15(21)2/h4-10,18H,3,11,13-14H2,1-2H3/t18-/m1/s1. The molecule has 148 valence electrons. The summed E-state index contributed by atoms with van der Waals surface area (Å²) < 4.78 is 0. The van der Waals surface area contributed by atoms with Crippen LogP contribution in [0, 0.1) is 18.3 Å². The van der Waals surface area contributed by atoms with E-state index in [9.17, 15) is 10.1 Å². The Kier molecular flexibility index (Phi) is 5.58. The van der Waals surface area contributed by atoms with Crippen molar-refractivity contribution in [2.24, 2.45) is 0 Å². The first-order valence-corrected chi connectivity index (χ1v) is 11.1. The molecule has 2 heterocycles.